The molecule has 0 radical (unpaired) electrons. The zero-order valence-electron chi connectivity index (χ0n) is 24.0. The van der Waals surface area contributed by atoms with Crippen molar-refractivity contribution < 1.29 is 27.8 Å². The summed E-state index contributed by atoms with van der Waals surface area (Å²) < 4.78 is 52.0. The second-order valence-corrected chi connectivity index (χ2v) is 10.7. The highest BCUT2D eigenvalue weighted by Gasteiger charge is 2.34. The molecular weight excluding hydrogens is 551 g/mol. The van der Waals surface area contributed by atoms with Crippen LogP contribution in [-0.2, 0) is 13.1 Å². The van der Waals surface area contributed by atoms with Gasteiger partial charge in [0.25, 0.3) is 5.56 Å². The van der Waals surface area contributed by atoms with Crippen LogP contribution >= 0.6 is 0 Å². The van der Waals surface area contributed by atoms with Gasteiger partial charge in [-0.1, -0.05) is 44.4 Å². The number of halogens is 3. The van der Waals surface area contributed by atoms with Gasteiger partial charge in [-0.15, -0.1) is 0 Å². The predicted octanol–water partition coefficient (Wildman–Crippen LogP) is 5.80. The van der Waals surface area contributed by atoms with Crippen LogP contribution in [0.15, 0.2) is 46.0 Å². The first-order valence-corrected chi connectivity index (χ1v) is 14.2. The summed E-state index contributed by atoms with van der Waals surface area (Å²) in [6, 6.07) is 6.85. The molecule has 0 spiro atoms. The molecule has 8 nitrogen and oxygen atoms in total. The van der Waals surface area contributed by atoms with Crippen molar-refractivity contribution in [3.05, 3.63) is 85.9 Å². The maximum absolute atomic E-state index is 15.6. The van der Waals surface area contributed by atoms with Gasteiger partial charge in [0.1, 0.15) is 11.6 Å². The van der Waals surface area contributed by atoms with Gasteiger partial charge in [-0.05, 0) is 50.3 Å². The van der Waals surface area contributed by atoms with E-state index in [2.05, 4.69) is 0 Å². The van der Waals surface area contributed by atoms with Gasteiger partial charge in [-0.25, -0.2) is 22.8 Å². The van der Waals surface area contributed by atoms with Gasteiger partial charge in [0.2, 0.25) is 0 Å². The summed E-state index contributed by atoms with van der Waals surface area (Å²) in [4.78, 5) is 41.7. The summed E-state index contributed by atoms with van der Waals surface area (Å²) in [5.74, 6) is -2.84. The minimum atomic E-state index is -1.17. The van der Waals surface area contributed by atoms with Crippen molar-refractivity contribution in [3.63, 3.8) is 0 Å². The lowest BCUT2D eigenvalue weighted by Gasteiger charge is -2.37. The number of rotatable bonds is 10. The second-order valence-electron chi connectivity index (χ2n) is 10.7. The van der Waals surface area contributed by atoms with Crippen molar-refractivity contribution in [3.8, 4) is 16.9 Å². The van der Waals surface area contributed by atoms with Crippen LogP contribution < -0.4 is 16.0 Å². The Labute approximate surface area is 242 Å². The van der Waals surface area contributed by atoms with Crippen molar-refractivity contribution in [2.75, 3.05) is 13.7 Å². The summed E-state index contributed by atoms with van der Waals surface area (Å²) >= 11 is 0. The lowest BCUT2D eigenvalue weighted by molar-refractivity contribution is 0.0834. The zero-order chi connectivity index (χ0) is 30.6. The number of carboxylic acid groups (broad SMARTS) is 1. The summed E-state index contributed by atoms with van der Waals surface area (Å²) in [5, 5.41) is 10.1. The maximum Gasteiger partial charge on any atom is 0.407 e. The number of benzene rings is 2. The van der Waals surface area contributed by atoms with Crippen molar-refractivity contribution >= 4 is 6.09 Å². The largest absolute Gasteiger partial charge is 0.494 e. The minimum Gasteiger partial charge on any atom is -0.494 e. The Kier molecular flexibility index (Phi) is 9.80. The molecule has 1 aliphatic carbocycles. The van der Waals surface area contributed by atoms with E-state index in [1.165, 1.54) is 43.2 Å². The number of hydrogen-bond donors (Lipinski definition) is 1. The summed E-state index contributed by atoms with van der Waals surface area (Å²) in [5.41, 5.74) is -2.40. The molecule has 1 heterocycles. The molecule has 0 bridgehead atoms. The van der Waals surface area contributed by atoms with Crippen LogP contribution in [0, 0.1) is 30.3 Å². The zero-order valence-corrected chi connectivity index (χ0v) is 24.0. The Hall–Kier alpha value is -4.02. The Morgan fingerprint density at radius 2 is 1.69 bits per heavy atom. The summed E-state index contributed by atoms with van der Waals surface area (Å²) in [7, 11) is 1.28. The van der Waals surface area contributed by atoms with Crippen LogP contribution in [-0.4, -0.2) is 44.9 Å². The molecule has 1 N–H and O–H groups in total. The molecule has 0 saturated heterocycles. The van der Waals surface area contributed by atoms with Gasteiger partial charge >= 0.3 is 11.8 Å². The monoisotopic (exact) mass is 587 g/mol. The van der Waals surface area contributed by atoms with Crippen molar-refractivity contribution in [2.24, 2.45) is 5.92 Å². The number of ether oxygens (including phenoxy) is 1. The topological polar surface area (TPSA) is 93.8 Å². The van der Waals surface area contributed by atoms with Crippen molar-refractivity contribution in [1.82, 2.24) is 14.0 Å². The third-order valence-electron chi connectivity index (χ3n) is 8.19. The van der Waals surface area contributed by atoms with Gasteiger partial charge < -0.3 is 14.7 Å². The van der Waals surface area contributed by atoms with E-state index < -0.39 is 52.9 Å². The summed E-state index contributed by atoms with van der Waals surface area (Å²) in [6.07, 6.45) is 3.60. The maximum atomic E-state index is 15.6. The van der Waals surface area contributed by atoms with Crippen molar-refractivity contribution in [2.45, 2.75) is 71.5 Å². The van der Waals surface area contributed by atoms with Crippen LogP contribution in [0.1, 0.15) is 56.7 Å². The third-order valence-corrected chi connectivity index (χ3v) is 8.19. The van der Waals surface area contributed by atoms with Crippen LogP contribution in [0.5, 0.6) is 5.75 Å². The molecule has 4 rings (SSSR count). The molecule has 2 aromatic carbocycles. The Balaban J connectivity index is 1.99. The van der Waals surface area contributed by atoms with Gasteiger partial charge in [-0.3, -0.25) is 13.9 Å². The van der Waals surface area contributed by atoms with E-state index in [0.717, 1.165) is 53.4 Å². The molecule has 1 aromatic heterocycles. The molecule has 11 heteroatoms. The lowest BCUT2D eigenvalue weighted by atomic mass is 9.83. The van der Waals surface area contributed by atoms with Crippen LogP contribution in [0.25, 0.3) is 11.1 Å². The fourth-order valence-corrected chi connectivity index (χ4v) is 6.01. The number of carbonyl (C=O) groups is 1. The van der Waals surface area contributed by atoms with E-state index in [9.17, 15) is 28.3 Å². The SMILES string of the molecule is CCCN(C(=O)O)C(Cn1c(=O)c(-c2cccc(OC)c2F)c(C)n(Cc2c(F)cccc2F)c1=O)C1CCCCC1. The molecule has 0 aliphatic heterocycles. The molecule has 1 unspecified atom stereocenters. The molecule has 1 amide bonds. The Morgan fingerprint density at radius 1 is 1.05 bits per heavy atom. The molecule has 3 aromatic rings. The van der Waals surface area contributed by atoms with Gasteiger partial charge in [0.15, 0.2) is 11.6 Å². The van der Waals surface area contributed by atoms with E-state index in [1.54, 1.807) is 0 Å². The minimum absolute atomic E-state index is 0.00826. The summed E-state index contributed by atoms with van der Waals surface area (Å²) in [6.45, 7) is 2.61. The smallest absolute Gasteiger partial charge is 0.407 e. The Bertz CT molecular complexity index is 1540. The van der Waals surface area contributed by atoms with E-state index >= 15 is 4.39 Å². The number of nitrogens with zero attached hydrogens (tertiary/aromatic N) is 3. The van der Waals surface area contributed by atoms with Gasteiger partial charge in [-0.2, -0.15) is 0 Å². The lowest BCUT2D eigenvalue weighted by Crippen LogP contribution is -2.52. The van der Waals surface area contributed by atoms with Gasteiger partial charge in [0.05, 0.1) is 31.8 Å². The Morgan fingerprint density at radius 3 is 2.29 bits per heavy atom. The second kappa shape index (κ2) is 13.3. The van der Waals surface area contributed by atoms with Crippen LogP contribution in [0.2, 0.25) is 0 Å². The van der Waals surface area contributed by atoms with E-state index in [4.69, 9.17) is 4.74 Å². The quantitative estimate of drug-likeness (QED) is 0.324. The average Bonchev–Trinajstić information content (AvgIpc) is 2.97. The standard InChI is InChI=1S/C31H36F3N3O5/c1-4-16-35(31(40)41)25(20-10-6-5-7-11-20)18-37-29(38)27(21-12-8-15-26(42-3)28(21)34)19(2)36(30(37)39)17-22-23(32)13-9-14-24(22)33/h8-9,12-15,20,25H,4-7,10-11,16-18H2,1-3H3,(H,40,41). The normalized spacial score (nSPS) is 14.5. The van der Waals surface area contributed by atoms with E-state index in [0.29, 0.717) is 6.42 Å². The fraction of sp³-hybridized carbons (Fsp3) is 0.452. The van der Waals surface area contributed by atoms with E-state index in [1.807, 2.05) is 6.92 Å². The highest BCUT2D eigenvalue weighted by Crippen LogP contribution is 2.32. The molecule has 1 fully saturated rings. The molecule has 226 valence electrons. The molecule has 1 atom stereocenters. The molecular formula is C31H36F3N3O5. The average molecular weight is 588 g/mol. The number of hydrogen-bond acceptors (Lipinski definition) is 4. The van der Waals surface area contributed by atoms with E-state index in [-0.39, 0.29) is 41.6 Å². The number of aromatic nitrogens is 2. The number of methoxy groups -OCH3 is 1. The van der Waals surface area contributed by atoms with Crippen LogP contribution in [0.3, 0.4) is 0 Å². The molecule has 1 aliphatic rings. The first-order valence-electron chi connectivity index (χ1n) is 14.2. The highest BCUT2D eigenvalue weighted by atomic mass is 19.1. The molecule has 1 saturated carbocycles. The molecule has 42 heavy (non-hydrogen) atoms. The first-order chi connectivity index (χ1) is 20.1. The predicted molar refractivity (Wildman–Crippen MR) is 152 cm³/mol. The van der Waals surface area contributed by atoms with Crippen LogP contribution in [0.4, 0.5) is 18.0 Å². The first kappa shape index (κ1) is 30.9. The number of amides is 1. The van der Waals surface area contributed by atoms with Crippen molar-refractivity contribution in [1.29, 1.82) is 0 Å². The fourth-order valence-electron chi connectivity index (χ4n) is 6.01. The highest BCUT2D eigenvalue weighted by molar-refractivity contribution is 5.68. The third kappa shape index (κ3) is 6.10. The van der Waals surface area contributed by atoms with Gasteiger partial charge in [0, 0.05) is 23.4 Å².